The third kappa shape index (κ3) is 8.49. The second kappa shape index (κ2) is 12.6. The predicted octanol–water partition coefficient (Wildman–Crippen LogP) is 3.88. The number of ether oxygens (including phenoxy) is 1. The molecule has 2 rings (SSSR count). The Hall–Kier alpha value is -3.23. The van der Waals surface area contributed by atoms with Crippen molar-refractivity contribution in [1.29, 1.82) is 0 Å². The van der Waals surface area contributed by atoms with Gasteiger partial charge in [0.25, 0.3) is 0 Å². The number of hydrogen-bond acceptors (Lipinski definition) is 6. The summed E-state index contributed by atoms with van der Waals surface area (Å²) in [6.45, 7) is 6.01. The number of nitrogens with two attached hydrogens (primary N) is 2. The first kappa shape index (κ1) is 25.0. The topological polar surface area (TPSA) is 110 Å². The molecule has 1 aromatic rings. The number of nitrogens with zero attached hydrogens (tertiary/aromatic N) is 3. The summed E-state index contributed by atoms with van der Waals surface area (Å²) in [6.07, 6.45) is 9.92. The standard InChI is InChI=1S/C23H32F2N6O/c1-4-5-22(29-12-15(2)23(26)31-27)30-14-28-13-18(17-6-7-17)10-16(3)32-21-9-8-19(24)11-20(21)25/h5,8-13,15-17,30H,4,6-7,14,27H2,1-3H3,(H2,26,31)/b18-10+,22-5+,28-13-,29-12-. The van der Waals surface area contributed by atoms with Gasteiger partial charge in [0.1, 0.15) is 30.2 Å². The summed E-state index contributed by atoms with van der Waals surface area (Å²) in [5.74, 6) is 5.08. The molecule has 9 heteroatoms. The van der Waals surface area contributed by atoms with E-state index in [0.29, 0.717) is 24.2 Å². The zero-order valence-corrected chi connectivity index (χ0v) is 18.8. The number of rotatable bonds is 12. The van der Waals surface area contributed by atoms with Crippen molar-refractivity contribution in [2.45, 2.75) is 46.1 Å². The molecule has 2 atom stereocenters. The minimum Gasteiger partial charge on any atom is -0.484 e. The van der Waals surface area contributed by atoms with Crippen LogP contribution in [0.15, 0.2) is 56.8 Å². The van der Waals surface area contributed by atoms with Gasteiger partial charge in [0, 0.05) is 18.5 Å². The van der Waals surface area contributed by atoms with Crippen molar-refractivity contribution in [3.05, 3.63) is 53.4 Å². The number of halogens is 2. The highest BCUT2D eigenvalue weighted by Gasteiger charge is 2.25. The fourth-order valence-corrected chi connectivity index (χ4v) is 2.80. The lowest BCUT2D eigenvalue weighted by molar-refractivity contribution is 0.255. The Morgan fingerprint density at radius 2 is 2.06 bits per heavy atom. The largest absolute Gasteiger partial charge is 0.484 e. The fraction of sp³-hybridized carbons (Fsp3) is 0.435. The van der Waals surface area contributed by atoms with E-state index in [0.717, 1.165) is 30.9 Å². The van der Waals surface area contributed by atoms with Crippen molar-refractivity contribution >= 4 is 18.3 Å². The molecule has 1 fully saturated rings. The van der Waals surface area contributed by atoms with Crippen LogP contribution in [0, 0.1) is 23.5 Å². The average Bonchev–Trinajstić information content (AvgIpc) is 3.60. The Morgan fingerprint density at radius 3 is 2.69 bits per heavy atom. The smallest absolute Gasteiger partial charge is 0.168 e. The molecule has 1 aromatic carbocycles. The quantitative estimate of drug-likeness (QED) is 0.196. The highest BCUT2D eigenvalue weighted by Crippen LogP contribution is 2.36. The van der Waals surface area contributed by atoms with E-state index in [2.05, 4.69) is 20.4 Å². The molecule has 32 heavy (non-hydrogen) atoms. The summed E-state index contributed by atoms with van der Waals surface area (Å²) < 4.78 is 32.5. The van der Waals surface area contributed by atoms with Crippen molar-refractivity contribution in [2.24, 2.45) is 38.5 Å². The van der Waals surface area contributed by atoms with Crippen LogP contribution in [0.25, 0.3) is 0 Å². The summed E-state index contributed by atoms with van der Waals surface area (Å²) in [5, 5.41) is 6.64. The molecular weight excluding hydrogens is 414 g/mol. The van der Waals surface area contributed by atoms with Crippen LogP contribution < -0.4 is 21.6 Å². The van der Waals surface area contributed by atoms with Crippen molar-refractivity contribution in [3.63, 3.8) is 0 Å². The summed E-state index contributed by atoms with van der Waals surface area (Å²) in [7, 11) is 0. The number of amidine groups is 1. The van der Waals surface area contributed by atoms with E-state index >= 15 is 0 Å². The van der Waals surface area contributed by atoms with Crippen molar-refractivity contribution in [3.8, 4) is 5.75 Å². The number of benzene rings is 1. The molecular formula is C23H32F2N6O. The molecule has 0 saturated heterocycles. The summed E-state index contributed by atoms with van der Waals surface area (Å²) in [4.78, 5) is 8.85. The first-order valence-corrected chi connectivity index (χ1v) is 10.7. The van der Waals surface area contributed by atoms with Gasteiger partial charge in [-0.2, -0.15) is 5.10 Å². The first-order chi connectivity index (χ1) is 15.3. The van der Waals surface area contributed by atoms with E-state index in [1.54, 1.807) is 12.4 Å². The summed E-state index contributed by atoms with van der Waals surface area (Å²) >= 11 is 0. The average molecular weight is 447 g/mol. The van der Waals surface area contributed by atoms with Crippen molar-refractivity contribution in [2.75, 3.05) is 6.67 Å². The number of aliphatic imine (C=N–C) groups is 2. The zero-order valence-electron chi connectivity index (χ0n) is 18.8. The van der Waals surface area contributed by atoms with Crippen LogP contribution in [0.5, 0.6) is 5.75 Å². The van der Waals surface area contributed by atoms with E-state index in [9.17, 15) is 8.78 Å². The highest BCUT2D eigenvalue weighted by atomic mass is 19.1. The lowest BCUT2D eigenvalue weighted by Gasteiger charge is -2.13. The monoisotopic (exact) mass is 446 g/mol. The molecule has 0 amide bonds. The summed E-state index contributed by atoms with van der Waals surface area (Å²) in [5.41, 5.74) is 6.72. The highest BCUT2D eigenvalue weighted by molar-refractivity contribution is 5.95. The van der Waals surface area contributed by atoms with Gasteiger partial charge in [0.15, 0.2) is 11.6 Å². The molecule has 0 spiro atoms. The molecule has 0 aliphatic heterocycles. The fourth-order valence-electron chi connectivity index (χ4n) is 2.80. The van der Waals surface area contributed by atoms with Crippen LogP contribution in [0.1, 0.15) is 40.0 Å². The van der Waals surface area contributed by atoms with Gasteiger partial charge in [-0.3, -0.25) is 4.99 Å². The Morgan fingerprint density at radius 1 is 1.31 bits per heavy atom. The molecule has 0 heterocycles. The Balaban J connectivity index is 1.96. The molecule has 1 saturated carbocycles. The third-order valence-corrected chi connectivity index (χ3v) is 4.72. The van der Waals surface area contributed by atoms with E-state index < -0.39 is 11.6 Å². The Bertz CT molecular complexity index is 906. The second-order valence-corrected chi connectivity index (χ2v) is 7.60. The predicted molar refractivity (Wildman–Crippen MR) is 126 cm³/mol. The van der Waals surface area contributed by atoms with Crippen molar-refractivity contribution < 1.29 is 13.5 Å². The van der Waals surface area contributed by atoms with Crippen LogP contribution in [-0.4, -0.2) is 31.0 Å². The molecule has 0 aromatic heterocycles. The Kier molecular flexibility index (Phi) is 9.84. The molecule has 0 radical (unpaired) electrons. The molecule has 0 bridgehead atoms. The van der Waals surface area contributed by atoms with Gasteiger partial charge in [0.2, 0.25) is 0 Å². The van der Waals surface area contributed by atoms with Crippen LogP contribution >= 0.6 is 0 Å². The molecule has 1 aliphatic rings. The van der Waals surface area contributed by atoms with E-state index in [1.807, 2.05) is 32.9 Å². The van der Waals surface area contributed by atoms with Crippen LogP contribution in [0.2, 0.25) is 0 Å². The lowest BCUT2D eigenvalue weighted by Crippen LogP contribution is -2.24. The van der Waals surface area contributed by atoms with Gasteiger partial charge in [0.05, 0.1) is 5.92 Å². The SMILES string of the molecule is CC/C=C(\N=C/C(C)/C(N)=N/N)NC/N=C\C(=C/C(C)Oc1ccc(F)cc1F)C1CC1. The van der Waals surface area contributed by atoms with Gasteiger partial charge in [-0.15, -0.1) is 0 Å². The Labute approximate surface area is 188 Å². The van der Waals surface area contributed by atoms with Gasteiger partial charge < -0.3 is 21.6 Å². The van der Waals surface area contributed by atoms with E-state index in [-0.39, 0.29) is 17.8 Å². The molecule has 1 aliphatic carbocycles. The number of hydrogen-bond donors (Lipinski definition) is 3. The normalized spacial score (nSPS) is 17.7. The van der Waals surface area contributed by atoms with Gasteiger partial charge >= 0.3 is 0 Å². The van der Waals surface area contributed by atoms with E-state index in [4.69, 9.17) is 16.3 Å². The van der Waals surface area contributed by atoms with Crippen LogP contribution in [0.3, 0.4) is 0 Å². The third-order valence-electron chi connectivity index (χ3n) is 4.72. The maximum Gasteiger partial charge on any atom is 0.168 e. The van der Waals surface area contributed by atoms with Crippen molar-refractivity contribution in [1.82, 2.24) is 5.32 Å². The molecule has 2 unspecified atom stereocenters. The maximum absolute atomic E-state index is 13.8. The molecule has 5 N–H and O–H groups in total. The number of allylic oxidation sites excluding steroid dienone is 2. The second-order valence-electron chi connectivity index (χ2n) is 7.60. The van der Waals surface area contributed by atoms with Gasteiger partial charge in [-0.1, -0.05) is 13.8 Å². The maximum atomic E-state index is 13.8. The minimum atomic E-state index is -0.722. The van der Waals surface area contributed by atoms with Gasteiger partial charge in [-0.05, 0) is 62.0 Å². The zero-order chi connectivity index (χ0) is 23.5. The van der Waals surface area contributed by atoms with E-state index in [1.165, 1.54) is 12.1 Å². The van der Waals surface area contributed by atoms with Gasteiger partial charge in [-0.25, -0.2) is 13.8 Å². The minimum absolute atomic E-state index is 0.0191. The summed E-state index contributed by atoms with van der Waals surface area (Å²) in [6, 6.07) is 3.27. The van der Waals surface area contributed by atoms with Crippen LogP contribution in [0.4, 0.5) is 8.78 Å². The lowest BCUT2D eigenvalue weighted by atomic mass is 10.1. The number of nitrogens with one attached hydrogen (secondary N) is 1. The number of hydrazone groups is 1. The first-order valence-electron chi connectivity index (χ1n) is 10.7. The molecule has 174 valence electrons. The molecule has 7 nitrogen and oxygen atoms in total. The van der Waals surface area contributed by atoms with Crippen LogP contribution in [-0.2, 0) is 0 Å².